The van der Waals surface area contributed by atoms with Gasteiger partial charge in [-0.1, -0.05) is 19.1 Å². The molecular formula is C13H16FNO2. The molecule has 3 nitrogen and oxygen atoms in total. The zero-order valence-corrected chi connectivity index (χ0v) is 9.74. The van der Waals surface area contributed by atoms with E-state index in [4.69, 9.17) is 5.11 Å². The highest BCUT2D eigenvalue weighted by molar-refractivity contribution is 5.74. The summed E-state index contributed by atoms with van der Waals surface area (Å²) in [5, 5.41) is 11.9. The molecule has 2 atom stereocenters. The number of hydrogen-bond donors (Lipinski definition) is 2. The second-order valence-electron chi connectivity index (χ2n) is 4.35. The van der Waals surface area contributed by atoms with E-state index >= 15 is 0 Å². The zero-order valence-electron chi connectivity index (χ0n) is 9.74. The molecule has 1 fully saturated rings. The fraction of sp³-hybridized carbons (Fsp3) is 0.462. The van der Waals surface area contributed by atoms with Crippen molar-refractivity contribution >= 4 is 5.97 Å². The van der Waals surface area contributed by atoms with Crippen LogP contribution in [0.15, 0.2) is 18.2 Å². The predicted octanol–water partition coefficient (Wildman–Crippen LogP) is 2.27. The smallest absolute Gasteiger partial charge is 0.320 e. The van der Waals surface area contributed by atoms with E-state index in [2.05, 4.69) is 5.32 Å². The topological polar surface area (TPSA) is 49.3 Å². The van der Waals surface area contributed by atoms with E-state index in [1.54, 1.807) is 6.07 Å². The van der Waals surface area contributed by atoms with Gasteiger partial charge in [-0.25, -0.2) is 4.39 Å². The largest absolute Gasteiger partial charge is 0.480 e. The lowest BCUT2D eigenvalue weighted by molar-refractivity contribution is -0.139. The predicted molar refractivity (Wildman–Crippen MR) is 62.3 cm³/mol. The van der Waals surface area contributed by atoms with Gasteiger partial charge >= 0.3 is 5.97 Å². The van der Waals surface area contributed by atoms with Crippen molar-refractivity contribution < 1.29 is 14.3 Å². The normalized spacial score (nSPS) is 23.9. The van der Waals surface area contributed by atoms with Crippen LogP contribution in [0.5, 0.6) is 0 Å². The third kappa shape index (κ3) is 2.31. The molecule has 2 rings (SSSR count). The summed E-state index contributed by atoms with van der Waals surface area (Å²) in [5.41, 5.74) is 1.59. The van der Waals surface area contributed by atoms with Crippen molar-refractivity contribution in [3.63, 3.8) is 0 Å². The van der Waals surface area contributed by atoms with E-state index in [1.165, 1.54) is 6.07 Å². The average Bonchev–Trinajstić information content (AvgIpc) is 2.77. The van der Waals surface area contributed by atoms with Gasteiger partial charge in [-0.3, -0.25) is 10.1 Å². The lowest BCUT2D eigenvalue weighted by Crippen LogP contribution is -2.32. The molecule has 0 aromatic heterocycles. The van der Waals surface area contributed by atoms with E-state index in [-0.39, 0.29) is 11.9 Å². The maximum Gasteiger partial charge on any atom is 0.320 e. The van der Waals surface area contributed by atoms with Crippen molar-refractivity contribution in [2.75, 3.05) is 0 Å². The maximum absolute atomic E-state index is 13.8. The molecule has 17 heavy (non-hydrogen) atoms. The molecule has 0 aliphatic carbocycles. The van der Waals surface area contributed by atoms with E-state index in [1.807, 2.05) is 13.0 Å². The fourth-order valence-corrected chi connectivity index (χ4v) is 2.45. The number of benzene rings is 1. The number of carbonyl (C=O) groups is 1. The molecule has 0 spiro atoms. The van der Waals surface area contributed by atoms with Gasteiger partial charge < -0.3 is 5.11 Å². The Morgan fingerprint density at radius 1 is 1.53 bits per heavy atom. The standard InChI is InChI=1S/C13H16FNO2/c1-2-8-4-3-5-9(14)12(8)10-6-7-11(15-10)13(16)17/h3-5,10-11,15H,2,6-7H2,1H3,(H,16,17). The molecule has 1 heterocycles. The van der Waals surface area contributed by atoms with E-state index in [9.17, 15) is 9.18 Å². The van der Waals surface area contributed by atoms with Gasteiger partial charge in [0.25, 0.3) is 0 Å². The van der Waals surface area contributed by atoms with Crippen LogP contribution in [0.4, 0.5) is 4.39 Å². The molecule has 2 unspecified atom stereocenters. The second kappa shape index (κ2) is 4.84. The van der Waals surface area contributed by atoms with Crippen molar-refractivity contribution in [2.24, 2.45) is 0 Å². The summed E-state index contributed by atoms with van der Waals surface area (Å²) in [6, 6.07) is 4.30. The molecule has 1 saturated heterocycles. The van der Waals surface area contributed by atoms with Crippen molar-refractivity contribution in [3.8, 4) is 0 Å². The molecule has 1 aromatic carbocycles. The van der Waals surface area contributed by atoms with E-state index < -0.39 is 12.0 Å². The minimum absolute atomic E-state index is 0.174. The Balaban J connectivity index is 2.26. The second-order valence-corrected chi connectivity index (χ2v) is 4.35. The molecule has 1 aliphatic rings. The Hall–Kier alpha value is -1.42. The van der Waals surface area contributed by atoms with Crippen molar-refractivity contribution in [2.45, 2.75) is 38.3 Å². The van der Waals surface area contributed by atoms with Gasteiger partial charge in [-0.05, 0) is 30.9 Å². The third-order valence-electron chi connectivity index (χ3n) is 3.32. The highest BCUT2D eigenvalue weighted by Gasteiger charge is 2.31. The van der Waals surface area contributed by atoms with Gasteiger partial charge in [0.2, 0.25) is 0 Å². The molecule has 0 amide bonds. The van der Waals surface area contributed by atoms with Crippen LogP contribution < -0.4 is 5.32 Å². The van der Waals surface area contributed by atoms with E-state index in [0.717, 1.165) is 12.0 Å². The van der Waals surface area contributed by atoms with Crippen LogP contribution in [0.1, 0.15) is 36.9 Å². The summed E-state index contributed by atoms with van der Waals surface area (Å²) >= 11 is 0. The first-order valence-corrected chi connectivity index (χ1v) is 5.89. The minimum atomic E-state index is -0.859. The van der Waals surface area contributed by atoms with Gasteiger partial charge in [0.05, 0.1) is 0 Å². The number of halogens is 1. The van der Waals surface area contributed by atoms with Crippen LogP contribution >= 0.6 is 0 Å². The van der Waals surface area contributed by atoms with Gasteiger partial charge in [-0.2, -0.15) is 0 Å². The van der Waals surface area contributed by atoms with Crippen molar-refractivity contribution in [1.29, 1.82) is 0 Å². The monoisotopic (exact) mass is 237 g/mol. The summed E-state index contributed by atoms with van der Waals surface area (Å²) in [6.45, 7) is 1.97. The molecule has 4 heteroatoms. The molecular weight excluding hydrogens is 221 g/mol. The molecule has 0 bridgehead atoms. The SMILES string of the molecule is CCc1cccc(F)c1C1CCC(C(=O)O)N1. The third-order valence-corrected chi connectivity index (χ3v) is 3.32. The molecule has 0 saturated carbocycles. The highest BCUT2D eigenvalue weighted by Crippen LogP contribution is 2.31. The summed E-state index contributed by atoms with van der Waals surface area (Å²) in [6.07, 6.45) is 1.98. The van der Waals surface area contributed by atoms with Gasteiger partial charge in [-0.15, -0.1) is 0 Å². The van der Waals surface area contributed by atoms with Crippen molar-refractivity contribution in [1.82, 2.24) is 5.32 Å². The van der Waals surface area contributed by atoms with Crippen LogP contribution in [0.25, 0.3) is 0 Å². The van der Waals surface area contributed by atoms with Crippen LogP contribution in [0, 0.1) is 5.82 Å². The van der Waals surface area contributed by atoms with E-state index in [0.29, 0.717) is 18.4 Å². The Morgan fingerprint density at radius 3 is 2.88 bits per heavy atom. The molecule has 0 radical (unpaired) electrons. The molecule has 1 aliphatic heterocycles. The Labute approximate surface area is 99.7 Å². The quantitative estimate of drug-likeness (QED) is 0.847. The number of carboxylic acids is 1. The Bertz CT molecular complexity index is 433. The van der Waals surface area contributed by atoms with Crippen LogP contribution in [0.2, 0.25) is 0 Å². The van der Waals surface area contributed by atoms with Crippen LogP contribution in [-0.4, -0.2) is 17.1 Å². The van der Waals surface area contributed by atoms with Gasteiger partial charge in [0, 0.05) is 11.6 Å². The summed E-state index contributed by atoms with van der Waals surface area (Å²) < 4.78 is 13.8. The molecule has 1 aromatic rings. The minimum Gasteiger partial charge on any atom is -0.480 e. The number of rotatable bonds is 3. The first-order chi connectivity index (χ1) is 8.13. The molecule has 92 valence electrons. The lowest BCUT2D eigenvalue weighted by Gasteiger charge is -2.17. The average molecular weight is 237 g/mol. The van der Waals surface area contributed by atoms with Gasteiger partial charge in [0.1, 0.15) is 11.9 Å². The zero-order chi connectivity index (χ0) is 12.4. The lowest BCUT2D eigenvalue weighted by atomic mass is 9.97. The fourth-order valence-electron chi connectivity index (χ4n) is 2.45. The maximum atomic E-state index is 13.8. The van der Waals surface area contributed by atoms with Crippen LogP contribution in [-0.2, 0) is 11.2 Å². The Morgan fingerprint density at radius 2 is 2.29 bits per heavy atom. The van der Waals surface area contributed by atoms with Crippen molar-refractivity contribution in [3.05, 3.63) is 35.1 Å². The first-order valence-electron chi connectivity index (χ1n) is 5.89. The number of hydrogen-bond acceptors (Lipinski definition) is 2. The van der Waals surface area contributed by atoms with Gasteiger partial charge in [0.15, 0.2) is 0 Å². The Kier molecular flexibility index (Phi) is 3.43. The summed E-state index contributed by atoms with van der Waals surface area (Å²) in [4.78, 5) is 10.9. The highest BCUT2D eigenvalue weighted by atomic mass is 19.1. The first kappa shape index (κ1) is 12.0. The number of carboxylic acid groups (broad SMARTS) is 1. The number of aryl methyl sites for hydroxylation is 1. The summed E-state index contributed by atoms with van der Waals surface area (Å²) in [5.74, 6) is -1.10. The van der Waals surface area contributed by atoms with Crippen LogP contribution in [0.3, 0.4) is 0 Å². The number of aliphatic carboxylic acids is 1. The summed E-state index contributed by atoms with van der Waals surface area (Å²) in [7, 11) is 0. The molecule has 2 N–H and O–H groups in total. The number of nitrogens with one attached hydrogen (secondary N) is 1.